The molecule has 0 aliphatic carbocycles. The van der Waals surface area contributed by atoms with Crippen molar-refractivity contribution in [3.8, 4) is 11.3 Å². The number of non-ortho nitro benzene ring substituents is 1. The molecule has 0 aliphatic rings. The molecule has 6 nitrogen and oxygen atoms in total. The van der Waals surface area contributed by atoms with Gasteiger partial charge in [-0.2, -0.15) is 5.10 Å². The van der Waals surface area contributed by atoms with Gasteiger partial charge in [-0.25, -0.2) is 4.98 Å². The summed E-state index contributed by atoms with van der Waals surface area (Å²) in [6, 6.07) is 14.1. The molecule has 0 amide bonds. The van der Waals surface area contributed by atoms with E-state index in [1.54, 1.807) is 6.07 Å². The molecule has 0 aliphatic heterocycles. The molecule has 2 aromatic carbocycles. The van der Waals surface area contributed by atoms with Crippen molar-refractivity contribution >= 4 is 40.0 Å². The van der Waals surface area contributed by atoms with E-state index in [0.29, 0.717) is 10.7 Å². The second-order valence-electron chi connectivity index (χ2n) is 4.77. The van der Waals surface area contributed by atoms with Gasteiger partial charge in [-0.05, 0) is 6.07 Å². The van der Waals surface area contributed by atoms with Crippen LogP contribution < -0.4 is 5.43 Å². The zero-order valence-corrected chi connectivity index (χ0v) is 13.8. The van der Waals surface area contributed by atoms with E-state index < -0.39 is 4.92 Å². The van der Waals surface area contributed by atoms with Crippen molar-refractivity contribution in [1.29, 1.82) is 0 Å². The summed E-state index contributed by atoms with van der Waals surface area (Å²) in [6.45, 7) is 0. The third-order valence-electron chi connectivity index (χ3n) is 3.06. The maximum atomic E-state index is 10.8. The minimum Gasteiger partial charge on any atom is -0.258 e. The average molecular weight is 359 g/mol. The van der Waals surface area contributed by atoms with E-state index in [-0.39, 0.29) is 10.7 Å². The number of hydrazone groups is 1. The Morgan fingerprint density at radius 1 is 1.25 bits per heavy atom. The fraction of sp³-hybridized carbons (Fsp3) is 0. The van der Waals surface area contributed by atoms with E-state index in [4.69, 9.17) is 11.6 Å². The fourth-order valence-electron chi connectivity index (χ4n) is 2.00. The first-order valence-electron chi connectivity index (χ1n) is 6.87. The number of hydrogen-bond acceptors (Lipinski definition) is 6. The molecule has 0 saturated carbocycles. The minimum absolute atomic E-state index is 0.0791. The minimum atomic E-state index is -0.496. The van der Waals surface area contributed by atoms with Gasteiger partial charge >= 0.3 is 0 Å². The predicted molar refractivity (Wildman–Crippen MR) is 96.9 cm³/mol. The number of thiazole rings is 1. The summed E-state index contributed by atoms with van der Waals surface area (Å²) in [5.41, 5.74) is 5.15. The highest BCUT2D eigenvalue weighted by molar-refractivity contribution is 7.14. The van der Waals surface area contributed by atoms with Gasteiger partial charge in [0.2, 0.25) is 5.13 Å². The number of nitro benzene ring substituents is 1. The normalized spacial score (nSPS) is 10.9. The number of nitrogens with zero attached hydrogens (tertiary/aromatic N) is 3. The van der Waals surface area contributed by atoms with Crippen LogP contribution in [0.3, 0.4) is 0 Å². The molecular weight excluding hydrogens is 348 g/mol. The van der Waals surface area contributed by atoms with E-state index in [2.05, 4.69) is 15.5 Å². The van der Waals surface area contributed by atoms with Gasteiger partial charge in [0.15, 0.2) is 0 Å². The molecule has 0 unspecified atom stereocenters. The second kappa shape index (κ2) is 7.20. The number of nitrogens with one attached hydrogen (secondary N) is 1. The molecule has 1 N–H and O–H groups in total. The quantitative estimate of drug-likeness (QED) is 0.403. The van der Waals surface area contributed by atoms with Crippen LogP contribution in [0.4, 0.5) is 10.8 Å². The van der Waals surface area contributed by atoms with Crippen molar-refractivity contribution in [3.05, 3.63) is 74.6 Å². The van der Waals surface area contributed by atoms with Crippen LogP contribution in [0.2, 0.25) is 5.02 Å². The number of anilines is 1. The molecule has 120 valence electrons. The third-order valence-corrected chi connectivity index (χ3v) is 4.03. The first-order valence-corrected chi connectivity index (χ1v) is 8.12. The predicted octanol–water partition coefficient (Wildman–Crippen LogP) is 4.82. The smallest absolute Gasteiger partial charge is 0.258 e. The van der Waals surface area contributed by atoms with E-state index in [9.17, 15) is 10.1 Å². The Labute approximate surface area is 146 Å². The number of nitro groups is 1. The Balaban J connectivity index is 1.71. The molecular formula is C16H11ClN4O2S. The van der Waals surface area contributed by atoms with Crippen molar-refractivity contribution in [2.45, 2.75) is 0 Å². The molecule has 1 aromatic heterocycles. The SMILES string of the molecule is O=[N+]([O-])c1cc(Cl)cc(C=NNc2nc(-c3ccccc3)cs2)c1. The summed E-state index contributed by atoms with van der Waals surface area (Å²) in [7, 11) is 0. The van der Waals surface area contributed by atoms with Gasteiger partial charge in [0, 0.05) is 33.7 Å². The van der Waals surface area contributed by atoms with Crippen LogP contribution >= 0.6 is 22.9 Å². The van der Waals surface area contributed by atoms with Gasteiger partial charge in [-0.3, -0.25) is 15.5 Å². The molecule has 0 radical (unpaired) electrons. The van der Waals surface area contributed by atoms with E-state index in [1.165, 1.54) is 29.7 Å². The van der Waals surface area contributed by atoms with Crippen molar-refractivity contribution in [3.63, 3.8) is 0 Å². The topological polar surface area (TPSA) is 80.4 Å². The lowest BCUT2D eigenvalue weighted by Gasteiger charge is -1.97. The largest absolute Gasteiger partial charge is 0.271 e. The highest BCUT2D eigenvalue weighted by Crippen LogP contribution is 2.24. The molecule has 0 bridgehead atoms. The Bertz CT molecular complexity index is 896. The second-order valence-corrected chi connectivity index (χ2v) is 6.07. The Kier molecular flexibility index (Phi) is 4.83. The van der Waals surface area contributed by atoms with Gasteiger partial charge in [0.05, 0.1) is 16.8 Å². The molecule has 3 rings (SSSR count). The molecule has 3 aromatic rings. The van der Waals surface area contributed by atoms with Gasteiger partial charge < -0.3 is 0 Å². The van der Waals surface area contributed by atoms with Crippen molar-refractivity contribution in [2.24, 2.45) is 5.10 Å². The van der Waals surface area contributed by atoms with Gasteiger partial charge in [0.1, 0.15) is 0 Å². The monoisotopic (exact) mass is 358 g/mol. The van der Waals surface area contributed by atoms with Crippen LogP contribution in [-0.2, 0) is 0 Å². The Hall–Kier alpha value is -2.77. The molecule has 1 heterocycles. The van der Waals surface area contributed by atoms with Crippen LogP contribution in [0.25, 0.3) is 11.3 Å². The lowest BCUT2D eigenvalue weighted by molar-refractivity contribution is -0.384. The lowest BCUT2D eigenvalue weighted by Crippen LogP contribution is -1.93. The van der Waals surface area contributed by atoms with Crippen LogP contribution in [0.5, 0.6) is 0 Å². The highest BCUT2D eigenvalue weighted by Gasteiger charge is 2.08. The standard InChI is InChI=1S/C16H11ClN4O2S/c17-13-6-11(7-14(8-13)21(22)23)9-18-20-16-19-15(10-24-16)12-4-2-1-3-5-12/h1-10H,(H,19,20). The van der Waals surface area contributed by atoms with Gasteiger partial charge in [0.25, 0.3) is 5.69 Å². The molecule has 0 saturated heterocycles. The average Bonchev–Trinajstić information content (AvgIpc) is 3.04. The number of halogens is 1. The maximum Gasteiger partial charge on any atom is 0.271 e. The van der Waals surface area contributed by atoms with E-state index in [0.717, 1.165) is 11.3 Å². The lowest BCUT2D eigenvalue weighted by atomic mass is 10.2. The Morgan fingerprint density at radius 3 is 2.79 bits per heavy atom. The zero-order valence-electron chi connectivity index (χ0n) is 12.2. The molecule has 0 spiro atoms. The molecule has 0 atom stereocenters. The first kappa shape index (κ1) is 16.1. The summed E-state index contributed by atoms with van der Waals surface area (Å²) in [6.07, 6.45) is 1.46. The summed E-state index contributed by atoms with van der Waals surface area (Å²) < 4.78 is 0. The van der Waals surface area contributed by atoms with Crippen LogP contribution in [0.15, 0.2) is 59.0 Å². The number of aromatic nitrogens is 1. The van der Waals surface area contributed by atoms with Crippen molar-refractivity contribution in [1.82, 2.24) is 4.98 Å². The summed E-state index contributed by atoms with van der Waals surface area (Å²) in [5.74, 6) is 0. The van der Waals surface area contributed by atoms with Crippen molar-refractivity contribution in [2.75, 3.05) is 5.43 Å². The zero-order chi connectivity index (χ0) is 16.9. The molecule has 24 heavy (non-hydrogen) atoms. The highest BCUT2D eigenvalue weighted by atomic mass is 35.5. The Morgan fingerprint density at radius 2 is 2.04 bits per heavy atom. The van der Waals surface area contributed by atoms with Crippen molar-refractivity contribution < 1.29 is 4.92 Å². The van der Waals surface area contributed by atoms with Gasteiger partial charge in [-0.15, -0.1) is 11.3 Å². The van der Waals surface area contributed by atoms with E-state index >= 15 is 0 Å². The van der Waals surface area contributed by atoms with Gasteiger partial charge in [-0.1, -0.05) is 41.9 Å². The summed E-state index contributed by atoms with van der Waals surface area (Å²) >= 11 is 7.28. The molecule has 8 heteroatoms. The maximum absolute atomic E-state index is 10.8. The van der Waals surface area contributed by atoms with Crippen LogP contribution in [0.1, 0.15) is 5.56 Å². The summed E-state index contributed by atoms with van der Waals surface area (Å²) in [5, 5.41) is 17.7. The van der Waals surface area contributed by atoms with Crippen LogP contribution in [0, 0.1) is 10.1 Å². The third kappa shape index (κ3) is 3.95. The number of hydrogen-bond donors (Lipinski definition) is 1. The first-order chi connectivity index (χ1) is 11.6. The fourth-order valence-corrected chi connectivity index (χ4v) is 2.91. The van der Waals surface area contributed by atoms with Crippen LogP contribution in [-0.4, -0.2) is 16.1 Å². The molecule has 0 fully saturated rings. The van der Waals surface area contributed by atoms with E-state index in [1.807, 2.05) is 35.7 Å². The number of rotatable bonds is 5. The summed E-state index contributed by atoms with van der Waals surface area (Å²) in [4.78, 5) is 14.8. The number of benzene rings is 2.